The Kier molecular flexibility index (Phi) is 5.82. The maximum Gasteiger partial charge on any atom is 0.220 e. The van der Waals surface area contributed by atoms with Crippen molar-refractivity contribution >= 4 is 21.8 Å². The molecule has 0 heterocycles. The van der Waals surface area contributed by atoms with Crippen molar-refractivity contribution in [3.8, 4) is 0 Å². The summed E-state index contributed by atoms with van der Waals surface area (Å²) in [5.41, 5.74) is 0.881. The summed E-state index contributed by atoms with van der Waals surface area (Å²) in [6.45, 7) is 4.41. The fourth-order valence-corrected chi connectivity index (χ4v) is 1.88. The van der Waals surface area contributed by atoms with E-state index < -0.39 is 0 Å². The van der Waals surface area contributed by atoms with Crippen LogP contribution in [0.3, 0.4) is 0 Å². The van der Waals surface area contributed by atoms with Crippen molar-refractivity contribution in [2.45, 2.75) is 26.7 Å². The van der Waals surface area contributed by atoms with Gasteiger partial charge in [-0.25, -0.2) is 0 Å². The molecule has 0 saturated carbocycles. The lowest BCUT2D eigenvalue weighted by molar-refractivity contribution is -0.121. The van der Waals surface area contributed by atoms with Gasteiger partial charge in [0.2, 0.25) is 5.91 Å². The van der Waals surface area contributed by atoms with Gasteiger partial charge in [0.1, 0.15) is 0 Å². The first-order chi connectivity index (χ1) is 8.43. The molecule has 1 amide bonds. The third-order valence-electron chi connectivity index (χ3n) is 2.72. The Hall–Kier alpha value is -0.870. The number of halogens is 1. The smallest absolute Gasteiger partial charge is 0.220 e. The van der Waals surface area contributed by atoms with E-state index in [1.807, 2.05) is 38.1 Å². The summed E-state index contributed by atoms with van der Waals surface area (Å²) in [6.07, 6.45) is 1.20. The number of carbonyl (C=O) groups is 1. The van der Waals surface area contributed by atoms with E-state index in [1.165, 1.54) is 0 Å². The average Bonchev–Trinajstić information content (AvgIpc) is 2.34. The van der Waals surface area contributed by atoms with Crippen LogP contribution in [0.4, 0.5) is 0 Å². The Bertz CT molecular complexity index is 405. The second-order valence-corrected chi connectivity index (χ2v) is 6.14. The van der Waals surface area contributed by atoms with Crippen LogP contribution in [0.15, 0.2) is 28.7 Å². The molecule has 0 aliphatic rings. The quantitative estimate of drug-likeness (QED) is 0.848. The monoisotopic (exact) mass is 313 g/mol. The van der Waals surface area contributed by atoms with E-state index in [1.54, 1.807) is 0 Å². The molecule has 0 radical (unpaired) electrons. The van der Waals surface area contributed by atoms with Gasteiger partial charge in [-0.2, -0.15) is 0 Å². The van der Waals surface area contributed by atoms with E-state index in [0.29, 0.717) is 13.0 Å². The number of benzene rings is 1. The zero-order chi connectivity index (χ0) is 13.6. The molecule has 1 aromatic rings. The highest BCUT2D eigenvalue weighted by Crippen LogP contribution is 2.14. The van der Waals surface area contributed by atoms with Crippen molar-refractivity contribution in [1.29, 1.82) is 0 Å². The fraction of sp³-hybridized carbons (Fsp3) is 0.500. The minimum atomic E-state index is -0.258. The molecule has 1 aromatic carbocycles. The average molecular weight is 314 g/mol. The van der Waals surface area contributed by atoms with Crippen LogP contribution in [0, 0.1) is 5.41 Å². The number of aryl methyl sites for hydroxylation is 1. The third-order valence-corrected chi connectivity index (χ3v) is 3.22. The van der Waals surface area contributed by atoms with Crippen LogP contribution in [0.2, 0.25) is 0 Å². The molecule has 0 fully saturated rings. The maximum atomic E-state index is 11.7. The Balaban J connectivity index is 2.34. The van der Waals surface area contributed by atoms with Crippen molar-refractivity contribution < 1.29 is 9.90 Å². The van der Waals surface area contributed by atoms with Crippen LogP contribution in [-0.2, 0) is 11.2 Å². The van der Waals surface area contributed by atoms with E-state index in [9.17, 15) is 4.79 Å². The van der Waals surface area contributed by atoms with Gasteiger partial charge in [-0.05, 0) is 24.1 Å². The first kappa shape index (κ1) is 15.2. The SMILES string of the molecule is CC(C)(CO)CNC(=O)CCc1cccc(Br)c1. The zero-order valence-corrected chi connectivity index (χ0v) is 12.5. The number of aliphatic hydroxyl groups excluding tert-OH is 1. The lowest BCUT2D eigenvalue weighted by atomic mass is 9.95. The summed E-state index contributed by atoms with van der Waals surface area (Å²) in [7, 11) is 0. The van der Waals surface area contributed by atoms with Crippen molar-refractivity contribution in [3.05, 3.63) is 34.3 Å². The van der Waals surface area contributed by atoms with Gasteiger partial charge in [0, 0.05) is 29.5 Å². The van der Waals surface area contributed by atoms with Crippen LogP contribution in [0.1, 0.15) is 25.8 Å². The van der Waals surface area contributed by atoms with E-state index >= 15 is 0 Å². The number of hydrogen-bond acceptors (Lipinski definition) is 2. The summed E-state index contributed by atoms with van der Waals surface area (Å²) >= 11 is 3.41. The van der Waals surface area contributed by atoms with E-state index in [2.05, 4.69) is 21.2 Å². The summed E-state index contributed by atoms with van der Waals surface area (Å²) in [5.74, 6) is 0.0245. The van der Waals surface area contributed by atoms with Gasteiger partial charge in [0.15, 0.2) is 0 Å². The second kappa shape index (κ2) is 6.90. The van der Waals surface area contributed by atoms with Crippen LogP contribution in [0.25, 0.3) is 0 Å². The summed E-state index contributed by atoms with van der Waals surface area (Å²) in [6, 6.07) is 7.96. The highest BCUT2D eigenvalue weighted by atomic mass is 79.9. The summed E-state index contributed by atoms with van der Waals surface area (Å²) in [5, 5.41) is 11.9. The molecule has 0 saturated heterocycles. The second-order valence-electron chi connectivity index (χ2n) is 5.23. The van der Waals surface area contributed by atoms with E-state index in [-0.39, 0.29) is 17.9 Å². The molecule has 0 aromatic heterocycles. The lowest BCUT2D eigenvalue weighted by Crippen LogP contribution is -2.36. The van der Waals surface area contributed by atoms with E-state index in [4.69, 9.17) is 5.11 Å². The molecule has 1 rings (SSSR count). The summed E-state index contributed by atoms with van der Waals surface area (Å²) < 4.78 is 1.03. The minimum absolute atomic E-state index is 0.0245. The maximum absolute atomic E-state index is 11.7. The molecule has 0 bridgehead atoms. The van der Waals surface area contributed by atoms with Crippen LogP contribution in [0.5, 0.6) is 0 Å². The van der Waals surface area contributed by atoms with Gasteiger partial charge in [-0.15, -0.1) is 0 Å². The van der Waals surface area contributed by atoms with Gasteiger partial charge in [0.05, 0.1) is 0 Å². The molecule has 3 nitrogen and oxygen atoms in total. The Morgan fingerprint density at radius 1 is 1.44 bits per heavy atom. The molecule has 2 N–H and O–H groups in total. The number of amides is 1. The van der Waals surface area contributed by atoms with Gasteiger partial charge in [0.25, 0.3) is 0 Å². The highest BCUT2D eigenvalue weighted by molar-refractivity contribution is 9.10. The largest absolute Gasteiger partial charge is 0.396 e. The van der Waals surface area contributed by atoms with Gasteiger partial charge >= 0.3 is 0 Å². The highest BCUT2D eigenvalue weighted by Gasteiger charge is 2.17. The molecule has 0 spiro atoms. The normalized spacial score (nSPS) is 11.3. The van der Waals surface area contributed by atoms with Crippen molar-refractivity contribution in [1.82, 2.24) is 5.32 Å². The van der Waals surface area contributed by atoms with Gasteiger partial charge < -0.3 is 10.4 Å². The number of aliphatic hydroxyl groups is 1. The van der Waals surface area contributed by atoms with Crippen LogP contribution in [-0.4, -0.2) is 24.2 Å². The van der Waals surface area contributed by atoms with Crippen LogP contribution >= 0.6 is 15.9 Å². The first-order valence-corrected chi connectivity index (χ1v) is 6.84. The molecule has 0 aliphatic carbocycles. The standard InChI is InChI=1S/C14H20BrNO2/c1-14(2,10-17)9-16-13(18)7-6-11-4-3-5-12(15)8-11/h3-5,8,17H,6-7,9-10H2,1-2H3,(H,16,18). The van der Waals surface area contributed by atoms with Crippen LogP contribution < -0.4 is 5.32 Å². The Labute approximate surface area is 117 Å². The molecular formula is C14H20BrNO2. The molecule has 18 heavy (non-hydrogen) atoms. The molecular weight excluding hydrogens is 294 g/mol. The number of carbonyl (C=O) groups excluding carboxylic acids is 1. The zero-order valence-electron chi connectivity index (χ0n) is 10.9. The summed E-state index contributed by atoms with van der Waals surface area (Å²) in [4.78, 5) is 11.7. The van der Waals surface area contributed by atoms with Crippen molar-refractivity contribution in [2.24, 2.45) is 5.41 Å². The number of rotatable bonds is 6. The first-order valence-electron chi connectivity index (χ1n) is 6.05. The number of hydrogen-bond donors (Lipinski definition) is 2. The van der Waals surface area contributed by atoms with E-state index in [0.717, 1.165) is 16.5 Å². The molecule has 100 valence electrons. The molecule has 0 aliphatic heterocycles. The van der Waals surface area contributed by atoms with Gasteiger partial charge in [-0.1, -0.05) is 41.9 Å². The molecule has 0 atom stereocenters. The predicted octanol–water partition coefficient (Wildman–Crippen LogP) is 2.52. The van der Waals surface area contributed by atoms with Gasteiger partial charge in [-0.3, -0.25) is 4.79 Å². The number of nitrogens with one attached hydrogen (secondary N) is 1. The fourth-order valence-electron chi connectivity index (χ4n) is 1.43. The topological polar surface area (TPSA) is 49.3 Å². The van der Waals surface area contributed by atoms with Crippen molar-refractivity contribution in [2.75, 3.05) is 13.2 Å². The van der Waals surface area contributed by atoms with Crippen molar-refractivity contribution in [3.63, 3.8) is 0 Å². The minimum Gasteiger partial charge on any atom is -0.396 e. The third kappa shape index (κ3) is 5.65. The Morgan fingerprint density at radius 2 is 2.17 bits per heavy atom. The molecule has 0 unspecified atom stereocenters. The Morgan fingerprint density at radius 3 is 2.78 bits per heavy atom. The molecule has 4 heteroatoms. The predicted molar refractivity (Wildman–Crippen MR) is 76.3 cm³/mol. The lowest BCUT2D eigenvalue weighted by Gasteiger charge is -2.21.